The maximum absolute atomic E-state index is 9.10. The topological polar surface area (TPSA) is 64.4 Å². The van der Waals surface area contributed by atoms with Gasteiger partial charge in [-0.25, -0.2) is 4.98 Å². The minimum absolute atomic E-state index is 0.398. The lowest BCUT2D eigenvalue weighted by molar-refractivity contribution is -0.0670. The molecule has 0 bridgehead atoms. The molecule has 5 nitrogen and oxygen atoms in total. The summed E-state index contributed by atoms with van der Waals surface area (Å²) >= 11 is 6.20. The van der Waals surface area contributed by atoms with Crippen LogP contribution in [0.2, 0.25) is 5.15 Å². The average molecular weight is 337 g/mol. The molecular formula is C17H21ClN2O3. The molecule has 1 aromatic rings. The Labute approximate surface area is 141 Å². The van der Waals surface area contributed by atoms with Crippen molar-refractivity contribution in [3.63, 3.8) is 0 Å². The third-order valence-electron chi connectivity index (χ3n) is 4.49. The molecule has 1 unspecified atom stereocenters. The fourth-order valence-electron chi connectivity index (χ4n) is 3.00. The highest BCUT2D eigenvalue weighted by molar-refractivity contribution is 6.29. The van der Waals surface area contributed by atoms with Gasteiger partial charge in [-0.1, -0.05) is 11.6 Å². The molecule has 3 heterocycles. The van der Waals surface area contributed by atoms with Crippen LogP contribution in [0, 0.1) is 16.7 Å². The predicted molar refractivity (Wildman–Crippen MR) is 85.5 cm³/mol. The molecule has 0 radical (unpaired) electrons. The van der Waals surface area contributed by atoms with Crippen LogP contribution in [0.4, 0.5) is 0 Å². The van der Waals surface area contributed by atoms with Crippen molar-refractivity contribution >= 4 is 11.6 Å². The van der Waals surface area contributed by atoms with Crippen LogP contribution in [0.3, 0.4) is 0 Å². The first-order chi connectivity index (χ1) is 11.0. The number of rotatable bonds is 4. The van der Waals surface area contributed by atoms with E-state index in [2.05, 4.69) is 11.1 Å². The molecule has 6 heteroatoms. The molecule has 1 saturated heterocycles. The first-order valence-electron chi connectivity index (χ1n) is 7.91. The molecule has 1 atom stereocenters. The number of fused-ring (bicyclic) bond motifs is 2. The van der Waals surface area contributed by atoms with Crippen LogP contribution in [0.15, 0.2) is 6.07 Å². The van der Waals surface area contributed by atoms with E-state index in [-0.39, 0.29) is 0 Å². The van der Waals surface area contributed by atoms with Crippen molar-refractivity contribution in [1.82, 2.24) is 4.98 Å². The Kier molecular flexibility index (Phi) is 4.50. The molecule has 23 heavy (non-hydrogen) atoms. The Balaban J connectivity index is 1.85. The van der Waals surface area contributed by atoms with Crippen LogP contribution in [-0.2, 0) is 21.5 Å². The first-order valence-corrected chi connectivity index (χ1v) is 8.29. The summed E-state index contributed by atoms with van der Waals surface area (Å²) in [6.07, 6.45) is 2.19. The summed E-state index contributed by atoms with van der Waals surface area (Å²) in [6, 6.07) is 4.04. The highest BCUT2D eigenvalue weighted by Crippen LogP contribution is 2.42. The Morgan fingerprint density at radius 2 is 2.30 bits per heavy atom. The molecule has 3 rings (SSSR count). The Morgan fingerprint density at radius 1 is 1.48 bits per heavy atom. The largest absolute Gasteiger partial charge is 0.493 e. The fourth-order valence-corrected chi connectivity index (χ4v) is 3.19. The third-order valence-corrected chi connectivity index (χ3v) is 4.68. The van der Waals surface area contributed by atoms with Gasteiger partial charge in [0.1, 0.15) is 16.5 Å². The van der Waals surface area contributed by atoms with Gasteiger partial charge in [0.25, 0.3) is 0 Å². The third kappa shape index (κ3) is 3.30. The highest BCUT2D eigenvalue weighted by atomic mass is 35.5. The van der Waals surface area contributed by atoms with E-state index in [4.69, 9.17) is 31.1 Å². The molecule has 0 aromatic carbocycles. The van der Waals surface area contributed by atoms with Crippen LogP contribution in [0.25, 0.3) is 0 Å². The summed E-state index contributed by atoms with van der Waals surface area (Å²) in [5.74, 6) is 0.753. The molecule has 0 aliphatic carbocycles. The zero-order valence-electron chi connectivity index (χ0n) is 13.5. The Morgan fingerprint density at radius 3 is 3.00 bits per heavy atom. The molecule has 0 saturated carbocycles. The van der Waals surface area contributed by atoms with E-state index in [1.54, 1.807) is 6.07 Å². The van der Waals surface area contributed by atoms with Crippen LogP contribution in [0.5, 0.6) is 5.75 Å². The molecule has 2 aliphatic heterocycles. The minimum atomic E-state index is -0.484. The summed E-state index contributed by atoms with van der Waals surface area (Å²) in [5, 5.41) is 9.50. The van der Waals surface area contributed by atoms with Gasteiger partial charge in [-0.15, -0.1) is 0 Å². The van der Waals surface area contributed by atoms with E-state index in [9.17, 15) is 0 Å². The smallest absolute Gasteiger partial charge is 0.136 e. The standard InChI is InChI=1S/C17H21ClN2O3/c1-16(2,10-19)4-8-22-13-9-14(18)20-15-12(13)3-6-23-17(15)5-7-21-11-17/h9H,3-8,11H2,1-2H3. The van der Waals surface area contributed by atoms with E-state index in [0.717, 1.165) is 29.8 Å². The number of nitrogens with zero attached hydrogens (tertiary/aromatic N) is 2. The lowest BCUT2D eigenvalue weighted by Gasteiger charge is -2.34. The lowest BCUT2D eigenvalue weighted by Crippen LogP contribution is -2.37. The quantitative estimate of drug-likeness (QED) is 0.790. The molecule has 124 valence electrons. The van der Waals surface area contributed by atoms with E-state index < -0.39 is 11.0 Å². The second-order valence-corrected chi connectivity index (χ2v) is 7.15. The SMILES string of the molecule is CC(C)(C#N)CCOc1cc(Cl)nc2c1CCOC21CCOC1. The van der Waals surface area contributed by atoms with E-state index in [0.29, 0.717) is 38.0 Å². The van der Waals surface area contributed by atoms with Crippen molar-refractivity contribution in [2.24, 2.45) is 5.41 Å². The molecule has 2 aliphatic rings. The van der Waals surface area contributed by atoms with Gasteiger partial charge in [0.05, 0.1) is 37.0 Å². The van der Waals surface area contributed by atoms with E-state index >= 15 is 0 Å². The Bertz CT molecular complexity index is 633. The summed E-state index contributed by atoms with van der Waals surface area (Å²) in [6.45, 7) is 6.08. The molecule has 0 amide bonds. The number of halogens is 1. The first kappa shape index (κ1) is 16.5. The van der Waals surface area contributed by atoms with E-state index in [1.807, 2.05) is 13.8 Å². The number of nitriles is 1. The normalized spacial score (nSPS) is 23.6. The van der Waals surface area contributed by atoms with Crippen molar-refractivity contribution in [2.75, 3.05) is 26.4 Å². The van der Waals surface area contributed by atoms with Crippen molar-refractivity contribution < 1.29 is 14.2 Å². The van der Waals surface area contributed by atoms with Crippen molar-refractivity contribution in [3.05, 3.63) is 22.5 Å². The highest BCUT2D eigenvalue weighted by Gasteiger charge is 2.44. The fraction of sp³-hybridized carbons (Fsp3) is 0.647. The second-order valence-electron chi connectivity index (χ2n) is 6.76. The maximum atomic E-state index is 9.10. The van der Waals surface area contributed by atoms with Crippen molar-refractivity contribution in [3.8, 4) is 11.8 Å². The minimum Gasteiger partial charge on any atom is -0.493 e. The lowest BCUT2D eigenvalue weighted by atomic mass is 9.89. The second kappa shape index (κ2) is 6.27. The number of hydrogen-bond donors (Lipinski definition) is 0. The molecule has 0 N–H and O–H groups in total. The van der Waals surface area contributed by atoms with E-state index in [1.165, 1.54) is 0 Å². The Hall–Kier alpha value is -1.35. The van der Waals surface area contributed by atoms with Gasteiger partial charge >= 0.3 is 0 Å². The van der Waals surface area contributed by atoms with Gasteiger partial charge in [0.2, 0.25) is 0 Å². The van der Waals surface area contributed by atoms with Crippen LogP contribution < -0.4 is 4.74 Å². The molecule has 1 spiro atoms. The number of ether oxygens (including phenoxy) is 3. The van der Waals surface area contributed by atoms with Crippen LogP contribution >= 0.6 is 11.6 Å². The molecule has 1 fully saturated rings. The van der Waals surface area contributed by atoms with Crippen LogP contribution in [0.1, 0.15) is 37.9 Å². The number of pyridine rings is 1. The number of aromatic nitrogens is 1. The molecular weight excluding hydrogens is 316 g/mol. The summed E-state index contributed by atoms with van der Waals surface area (Å²) in [4.78, 5) is 4.51. The zero-order chi connectivity index (χ0) is 16.5. The monoisotopic (exact) mass is 336 g/mol. The van der Waals surface area contributed by atoms with Crippen molar-refractivity contribution in [1.29, 1.82) is 5.26 Å². The van der Waals surface area contributed by atoms with Gasteiger partial charge in [-0.3, -0.25) is 0 Å². The summed E-state index contributed by atoms with van der Waals surface area (Å²) in [7, 11) is 0. The zero-order valence-corrected chi connectivity index (χ0v) is 14.3. The van der Waals surface area contributed by atoms with Gasteiger partial charge in [-0.05, 0) is 20.3 Å². The van der Waals surface area contributed by atoms with Crippen LogP contribution in [-0.4, -0.2) is 31.4 Å². The van der Waals surface area contributed by atoms with Gasteiger partial charge in [0.15, 0.2) is 0 Å². The number of hydrogen-bond acceptors (Lipinski definition) is 5. The maximum Gasteiger partial charge on any atom is 0.136 e. The average Bonchev–Trinajstić information content (AvgIpc) is 2.97. The van der Waals surface area contributed by atoms with Gasteiger partial charge < -0.3 is 14.2 Å². The predicted octanol–water partition coefficient (Wildman–Crippen LogP) is 3.24. The summed E-state index contributed by atoms with van der Waals surface area (Å²) < 4.78 is 17.5. The van der Waals surface area contributed by atoms with Gasteiger partial charge in [-0.2, -0.15) is 5.26 Å². The van der Waals surface area contributed by atoms with Gasteiger partial charge in [0, 0.05) is 31.1 Å². The summed E-state index contributed by atoms with van der Waals surface area (Å²) in [5.41, 5.74) is 1.02. The molecule has 1 aromatic heterocycles. The van der Waals surface area contributed by atoms with Crippen molar-refractivity contribution in [2.45, 2.75) is 38.7 Å².